The van der Waals surface area contributed by atoms with Crippen molar-refractivity contribution in [3.05, 3.63) is 0 Å². The van der Waals surface area contributed by atoms with Gasteiger partial charge in [0.2, 0.25) is 0 Å². The Morgan fingerprint density at radius 3 is 2.73 bits per heavy atom. The molecule has 11 heavy (non-hydrogen) atoms. The molecule has 0 aromatic carbocycles. The van der Waals surface area contributed by atoms with Gasteiger partial charge in [-0.15, -0.1) is 0 Å². The molecule has 2 aliphatic carbocycles. The van der Waals surface area contributed by atoms with Crippen LogP contribution in [0.25, 0.3) is 0 Å². The molecule has 0 radical (unpaired) electrons. The zero-order valence-electron chi connectivity index (χ0n) is 7.16. The molecule has 62 valence electrons. The van der Waals surface area contributed by atoms with E-state index in [9.17, 15) is 0 Å². The van der Waals surface area contributed by atoms with E-state index in [1.54, 1.807) is 6.42 Å². The minimum Gasteiger partial charge on any atom is -0.250 e. The molecule has 0 amide bonds. The van der Waals surface area contributed by atoms with Gasteiger partial charge in [-0.1, -0.05) is 11.9 Å². The predicted octanol–water partition coefficient (Wildman–Crippen LogP) is 1.99. The lowest BCUT2D eigenvalue weighted by Gasteiger charge is -2.17. The van der Waals surface area contributed by atoms with E-state index in [0.29, 0.717) is 0 Å². The highest BCUT2D eigenvalue weighted by Gasteiger charge is 2.58. The summed E-state index contributed by atoms with van der Waals surface area (Å²) in [6.45, 7) is 2.39. The summed E-state index contributed by atoms with van der Waals surface area (Å²) in [5.74, 6) is 3.31. The predicted molar refractivity (Wildman–Crippen MR) is 48.3 cm³/mol. The highest BCUT2D eigenvalue weighted by molar-refractivity contribution is 7.97. The van der Waals surface area contributed by atoms with Crippen LogP contribution < -0.4 is 0 Å². The molecule has 0 N–H and O–H groups in total. The summed E-state index contributed by atoms with van der Waals surface area (Å²) >= 11 is 2.13. The van der Waals surface area contributed by atoms with Crippen LogP contribution in [-0.2, 0) is 0 Å². The van der Waals surface area contributed by atoms with Crippen molar-refractivity contribution >= 4 is 11.9 Å². The molecule has 3 fully saturated rings. The maximum atomic E-state index is 2.48. The summed E-state index contributed by atoms with van der Waals surface area (Å²) in [5.41, 5.74) is 0. The summed E-state index contributed by atoms with van der Waals surface area (Å²) in [7, 11) is 2.26. The van der Waals surface area contributed by atoms with Gasteiger partial charge in [0.05, 0.1) is 0 Å². The molecule has 1 heterocycles. The fourth-order valence-electron chi connectivity index (χ4n) is 2.93. The third-order valence-electron chi connectivity index (χ3n) is 3.88. The van der Waals surface area contributed by atoms with Gasteiger partial charge in [0, 0.05) is 11.3 Å². The summed E-state index contributed by atoms with van der Waals surface area (Å²) < 4.78 is 2.48. The second kappa shape index (κ2) is 1.97. The van der Waals surface area contributed by atoms with Crippen LogP contribution in [0.4, 0.5) is 0 Å². The second-order valence-electron chi connectivity index (χ2n) is 4.42. The number of nitrogens with zero attached hydrogens (tertiary/aromatic N) is 1. The minimum atomic E-state index is 0.845. The van der Waals surface area contributed by atoms with Crippen LogP contribution in [0, 0.1) is 17.8 Å². The number of fused-ring (bicyclic) bond motifs is 3. The van der Waals surface area contributed by atoms with Gasteiger partial charge in [0.15, 0.2) is 0 Å². The molecule has 2 saturated carbocycles. The summed E-state index contributed by atoms with van der Waals surface area (Å²) in [6, 6.07) is 0.845. The molecule has 5 atom stereocenters. The monoisotopic (exact) mass is 169 g/mol. The van der Waals surface area contributed by atoms with Crippen molar-refractivity contribution in [3.8, 4) is 0 Å². The highest BCUT2D eigenvalue weighted by atomic mass is 32.2. The van der Waals surface area contributed by atoms with E-state index >= 15 is 0 Å². The second-order valence-corrected chi connectivity index (χ2v) is 5.75. The largest absolute Gasteiger partial charge is 0.250 e. The molecule has 0 spiro atoms. The van der Waals surface area contributed by atoms with Gasteiger partial charge in [-0.2, -0.15) is 0 Å². The maximum absolute atomic E-state index is 2.48. The van der Waals surface area contributed by atoms with Gasteiger partial charge < -0.3 is 0 Å². The third-order valence-corrected chi connectivity index (χ3v) is 5.48. The minimum absolute atomic E-state index is 0.845. The van der Waals surface area contributed by atoms with Gasteiger partial charge >= 0.3 is 0 Å². The van der Waals surface area contributed by atoms with Gasteiger partial charge in [-0.25, -0.2) is 0 Å². The Balaban J connectivity index is 1.85. The van der Waals surface area contributed by atoms with E-state index < -0.39 is 0 Å². The van der Waals surface area contributed by atoms with E-state index in [4.69, 9.17) is 0 Å². The summed E-state index contributed by atoms with van der Waals surface area (Å²) in [5, 5.41) is 1.01. The van der Waals surface area contributed by atoms with Crippen molar-refractivity contribution in [1.82, 2.24) is 4.31 Å². The molecule has 0 aromatic rings. The number of hydrogen-bond acceptors (Lipinski definition) is 2. The van der Waals surface area contributed by atoms with Gasteiger partial charge in [-0.3, -0.25) is 4.31 Å². The maximum Gasteiger partial charge on any atom is 0.0269 e. The Labute approximate surface area is 72.7 Å². The molecular formula is C9H15NS. The van der Waals surface area contributed by atoms with Crippen molar-refractivity contribution in [2.45, 2.75) is 31.1 Å². The molecule has 3 rings (SSSR count). The molecular weight excluding hydrogens is 154 g/mol. The first kappa shape index (κ1) is 6.79. The SMILES string of the molecule is CC1C2C[C@H]3CC3[C@H]2SN1C. The standard InChI is InChI=1S/C9H15NS/c1-5-7-3-6-4-8(6)9(7)11-10(5)2/h5-9H,3-4H2,1-2H3/t5?,6-,7?,8?,9-/m0/s1. The molecule has 1 aliphatic heterocycles. The quantitative estimate of drug-likeness (QED) is 0.510. The van der Waals surface area contributed by atoms with Crippen LogP contribution in [0.15, 0.2) is 0 Å². The van der Waals surface area contributed by atoms with Crippen molar-refractivity contribution < 1.29 is 0 Å². The van der Waals surface area contributed by atoms with E-state index in [1.165, 1.54) is 6.42 Å². The van der Waals surface area contributed by atoms with Crippen LogP contribution in [-0.4, -0.2) is 22.6 Å². The molecule has 3 aliphatic rings. The first-order chi connectivity index (χ1) is 5.27. The van der Waals surface area contributed by atoms with Crippen molar-refractivity contribution in [2.24, 2.45) is 17.8 Å². The lowest BCUT2D eigenvalue weighted by atomic mass is 9.96. The van der Waals surface area contributed by atoms with Gasteiger partial charge in [0.25, 0.3) is 0 Å². The molecule has 0 aromatic heterocycles. The smallest absolute Gasteiger partial charge is 0.0269 e. The molecule has 1 saturated heterocycles. The molecule has 1 nitrogen and oxygen atoms in total. The normalized spacial score (nSPS) is 61.1. The molecule has 3 unspecified atom stereocenters. The fourth-order valence-corrected chi connectivity index (χ4v) is 4.65. The van der Waals surface area contributed by atoms with Crippen LogP contribution in [0.2, 0.25) is 0 Å². The van der Waals surface area contributed by atoms with Crippen LogP contribution in [0.1, 0.15) is 19.8 Å². The Bertz CT molecular complexity index is 194. The third kappa shape index (κ3) is 0.775. The Hall–Kier alpha value is 0.310. The average molecular weight is 169 g/mol. The number of rotatable bonds is 0. The van der Waals surface area contributed by atoms with Gasteiger partial charge in [0.1, 0.15) is 0 Å². The Morgan fingerprint density at radius 2 is 2.00 bits per heavy atom. The fraction of sp³-hybridized carbons (Fsp3) is 1.00. The Kier molecular flexibility index (Phi) is 1.21. The molecule has 2 heteroatoms. The first-order valence-corrected chi connectivity index (χ1v) is 5.50. The lowest BCUT2D eigenvalue weighted by Crippen LogP contribution is -2.24. The topological polar surface area (TPSA) is 3.24 Å². The van der Waals surface area contributed by atoms with E-state index in [-0.39, 0.29) is 0 Å². The van der Waals surface area contributed by atoms with Crippen LogP contribution >= 0.6 is 11.9 Å². The van der Waals surface area contributed by atoms with Gasteiger partial charge in [-0.05, 0) is 44.6 Å². The van der Waals surface area contributed by atoms with E-state index in [1.807, 2.05) is 0 Å². The first-order valence-electron chi connectivity index (χ1n) is 4.67. The number of hydrogen-bond donors (Lipinski definition) is 0. The van der Waals surface area contributed by atoms with E-state index in [2.05, 4.69) is 30.2 Å². The van der Waals surface area contributed by atoms with Crippen LogP contribution in [0.3, 0.4) is 0 Å². The molecule has 0 bridgehead atoms. The van der Waals surface area contributed by atoms with Crippen LogP contribution in [0.5, 0.6) is 0 Å². The van der Waals surface area contributed by atoms with Crippen molar-refractivity contribution in [1.29, 1.82) is 0 Å². The summed E-state index contributed by atoms with van der Waals surface area (Å²) in [6.07, 6.45) is 3.09. The highest BCUT2D eigenvalue weighted by Crippen LogP contribution is 2.63. The van der Waals surface area contributed by atoms with E-state index in [0.717, 1.165) is 29.0 Å². The average Bonchev–Trinajstić information content (AvgIpc) is 2.59. The zero-order chi connectivity index (χ0) is 7.59. The van der Waals surface area contributed by atoms with Crippen molar-refractivity contribution in [2.75, 3.05) is 7.05 Å². The zero-order valence-corrected chi connectivity index (χ0v) is 7.97. The Morgan fingerprint density at radius 1 is 1.27 bits per heavy atom. The van der Waals surface area contributed by atoms with Crippen molar-refractivity contribution in [3.63, 3.8) is 0 Å². The lowest BCUT2D eigenvalue weighted by molar-refractivity contribution is 0.332. The summed E-state index contributed by atoms with van der Waals surface area (Å²) in [4.78, 5) is 0.